The Labute approximate surface area is 183 Å². The number of amides is 2. The maximum atomic E-state index is 12.7. The van der Waals surface area contributed by atoms with Gasteiger partial charge in [0.25, 0.3) is 5.91 Å². The summed E-state index contributed by atoms with van der Waals surface area (Å²) in [6.07, 6.45) is 3.52. The largest absolute Gasteiger partial charge is 0.493 e. The lowest BCUT2D eigenvalue weighted by Gasteiger charge is -2.16. The van der Waals surface area contributed by atoms with Crippen LogP contribution in [0.2, 0.25) is 0 Å². The number of hydrogen-bond acceptors (Lipinski definition) is 4. The van der Waals surface area contributed by atoms with Crippen molar-refractivity contribution in [1.29, 1.82) is 0 Å². The summed E-state index contributed by atoms with van der Waals surface area (Å²) in [5, 5.41) is 8.75. The maximum Gasteiger partial charge on any atom is 0.261 e. The van der Waals surface area contributed by atoms with Crippen molar-refractivity contribution in [3.63, 3.8) is 0 Å². The summed E-state index contributed by atoms with van der Waals surface area (Å²) >= 11 is 5.32. The van der Waals surface area contributed by atoms with Crippen LogP contribution in [-0.2, 0) is 4.79 Å². The van der Waals surface area contributed by atoms with Gasteiger partial charge in [0.05, 0.1) is 12.2 Å². The van der Waals surface area contributed by atoms with Gasteiger partial charge in [-0.25, -0.2) is 0 Å². The smallest absolute Gasteiger partial charge is 0.261 e. The Balaban J connectivity index is 2.03. The summed E-state index contributed by atoms with van der Waals surface area (Å²) < 4.78 is 5.78. The van der Waals surface area contributed by atoms with E-state index in [0.29, 0.717) is 35.7 Å². The van der Waals surface area contributed by atoms with Gasteiger partial charge < -0.3 is 15.4 Å². The second-order valence-corrected chi connectivity index (χ2v) is 7.25. The number of carbonyl (C=O) groups is 2. The Morgan fingerprint density at radius 2 is 1.67 bits per heavy atom. The van der Waals surface area contributed by atoms with Crippen LogP contribution in [0, 0.1) is 6.92 Å². The summed E-state index contributed by atoms with van der Waals surface area (Å²) in [4.78, 5) is 24.4. The number of ether oxygens (including phenoxy) is 1. The molecule has 6 nitrogen and oxygen atoms in total. The van der Waals surface area contributed by atoms with Crippen molar-refractivity contribution in [2.75, 3.05) is 17.2 Å². The van der Waals surface area contributed by atoms with Crippen LogP contribution < -0.4 is 20.7 Å². The van der Waals surface area contributed by atoms with Crippen molar-refractivity contribution in [2.24, 2.45) is 0 Å². The number of hydrogen-bond donors (Lipinski definition) is 3. The maximum absolute atomic E-state index is 12.7. The van der Waals surface area contributed by atoms with Gasteiger partial charge in [-0.15, -0.1) is 0 Å². The monoisotopic (exact) mass is 427 g/mol. The van der Waals surface area contributed by atoms with E-state index in [-0.39, 0.29) is 16.9 Å². The minimum absolute atomic E-state index is 0.0679. The number of para-hydroxylation sites is 1. The molecule has 0 spiro atoms. The summed E-state index contributed by atoms with van der Waals surface area (Å²) in [6, 6.07) is 12.6. The van der Waals surface area contributed by atoms with Crippen LogP contribution in [0.1, 0.15) is 55.5 Å². The van der Waals surface area contributed by atoms with E-state index in [1.165, 1.54) is 0 Å². The standard InChI is InChI=1S/C23H29N3O3S/c1-4-6-9-15-29-20-14-8-7-11-17(20)22(28)26-23(30)25-19-13-10-12-18(16(19)3)24-21(27)5-2/h7-8,10-14H,4-6,9,15H2,1-3H3,(H,24,27)(H2,25,26,28,30). The molecule has 0 aliphatic rings. The molecular formula is C23H29N3O3S. The van der Waals surface area contributed by atoms with Crippen LogP contribution in [0.3, 0.4) is 0 Å². The summed E-state index contributed by atoms with van der Waals surface area (Å²) in [5.41, 5.74) is 2.67. The molecule has 160 valence electrons. The van der Waals surface area contributed by atoms with Crippen molar-refractivity contribution >= 4 is 40.5 Å². The Bertz CT molecular complexity index is 899. The van der Waals surface area contributed by atoms with Gasteiger partial charge in [-0.2, -0.15) is 0 Å². The third kappa shape index (κ3) is 6.84. The van der Waals surface area contributed by atoms with Crippen molar-refractivity contribution in [1.82, 2.24) is 5.32 Å². The lowest BCUT2D eigenvalue weighted by atomic mass is 10.1. The average molecular weight is 428 g/mol. The van der Waals surface area contributed by atoms with Crippen LogP contribution in [0.5, 0.6) is 5.75 Å². The molecule has 0 unspecified atom stereocenters. The predicted molar refractivity (Wildman–Crippen MR) is 125 cm³/mol. The van der Waals surface area contributed by atoms with Gasteiger partial charge in [-0.05, 0) is 55.4 Å². The number of carbonyl (C=O) groups excluding carboxylic acids is 2. The van der Waals surface area contributed by atoms with E-state index in [9.17, 15) is 9.59 Å². The van der Waals surface area contributed by atoms with Gasteiger partial charge in [0.15, 0.2) is 5.11 Å². The molecule has 0 saturated carbocycles. The summed E-state index contributed by atoms with van der Waals surface area (Å²) in [7, 11) is 0. The van der Waals surface area contributed by atoms with Crippen molar-refractivity contribution in [2.45, 2.75) is 46.5 Å². The number of nitrogens with one attached hydrogen (secondary N) is 3. The first-order chi connectivity index (χ1) is 14.5. The van der Waals surface area contributed by atoms with E-state index in [2.05, 4.69) is 22.9 Å². The lowest BCUT2D eigenvalue weighted by Crippen LogP contribution is -2.34. The molecule has 0 bridgehead atoms. The topological polar surface area (TPSA) is 79.5 Å². The SMILES string of the molecule is CCCCCOc1ccccc1C(=O)NC(=S)Nc1cccc(NC(=O)CC)c1C. The van der Waals surface area contributed by atoms with E-state index in [0.717, 1.165) is 24.8 Å². The van der Waals surface area contributed by atoms with Crippen molar-refractivity contribution < 1.29 is 14.3 Å². The van der Waals surface area contributed by atoms with E-state index >= 15 is 0 Å². The zero-order valence-corrected chi connectivity index (χ0v) is 18.5. The number of thiocarbonyl (C=S) groups is 1. The molecule has 7 heteroatoms. The number of benzene rings is 2. The molecule has 0 aromatic heterocycles. The van der Waals surface area contributed by atoms with Crippen LogP contribution in [0.4, 0.5) is 11.4 Å². The molecular weight excluding hydrogens is 398 g/mol. The number of rotatable bonds is 9. The van der Waals surface area contributed by atoms with Crippen LogP contribution in [-0.4, -0.2) is 23.5 Å². The average Bonchev–Trinajstić information content (AvgIpc) is 2.74. The fourth-order valence-corrected chi connectivity index (χ4v) is 2.99. The Hall–Kier alpha value is -2.93. The highest BCUT2D eigenvalue weighted by atomic mass is 32.1. The fourth-order valence-electron chi connectivity index (χ4n) is 2.78. The van der Waals surface area contributed by atoms with Gasteiger partial charge >= 0.3 is 0 Å². The molecule has 2 rings (SSSR count). The van der Waals surface area contributed by atoms with Crippen LogP contribution in [0.15, 0.2) is 42.5 Å². The van der Waals surface area contributed by atoms with Crippen molar-refractivity contribution in [3.05, 3.63) is 53.6 Å². The molecule has 30 heavy (non-hydrogen) atoms. The molecule has 0 saturated heterocycles. The molecule has 2 amide bonds. The zero-order valence-electron chi connectivity index (χ0n) is 17.7. The minimum Gasteiger partial charge on any atom is -0.493 e. The first-order valence-corrected chi connectivity index (χ1v) is 10.6. The first-order valence-electron chi connectivity index (χ1n) is 10.2. The highest BCUT2D eigenvalue weighted by Gasteiger charge is 2.14. The summed E-state index contributed by atoms with van der Waals surface area (Å²) in [5.74, 6) is 0.128. The van der Waals surface area contributed by atoms with Gasteiger partial charge in [0, 0.05) is 17.8 Å². The Morgan fingerprint density at radius 1 is 0.967 bits per heavy atom. The first kappa shape index (κ1) is 23.3. The van der Waals surface area contributed by atoms with Gasteiger partial charge in [0.1, 0.15) is 5.75 Å². The Morgan fingerprint density at radius 3 is 2.37 bits per heavy atom. The minimum atomic E-state index is -0.341. The van der Waals surface area contributed by atoms with Gasteiger partial charge in [0.2, 0.25) is 5.91 Å². The quantitative estimate of drug-likeness (QED) is 0.386. The summed E-state index contributed by atoms with van der Waals surface area (Å²) in [6.45, 7) is 6.36. The second-order valence-electron chi connectivity index (χ2n) is 6.84. The van der Waals surface area contributed by atoms with Crippen LogP contribution >= 0.6 is 12.2 Å². The molecule has 0 atom stereocenters. The number of unbranched alkanes of at least 4 members (excludes halogenated alkanes) is 2. The van der Waals surface area contributed by atoms with E-state index < -0.39 is 0 Å². The zero-order chi connectivity index (χ0) is 21.9. The lowest BCUT2D eigenvalue weighted by molar-refractivity contribution is -0.115. The molecule has 0 aliphatic carbocycles. The van der Waals surface area contributed by atoms with E-state index in [1.807, 2.05) is 31.2 Å². The van der Waals surface area contributed by atoms with Crippen LogP contribution in [0.25, 0.3) is 0 Å². The molecule has 2 aromatic carbocycles. The van der Waals surface area contributed by atoms with E-state index in [1.54, 1.807) is 25.1 Å². The van der Waals surface area contributed by atoms with Crippen molar-refractivity contribution in [3.8, 4) is 5.75 Å². The number of anilines is 2. The normalized spacial score (nSPS) is 10.2. The van der Waals surface area contributed by atoms with Gasteiger partial charge in [-0.3, -0.25) is 14.9 Å². The van der Waals surface area contributed by atoms with Gasteiger partial charge in [-0.1, -0.05) is 44.9 Å². The molecule has 0 heterocycles. The highest BCUT2D eigenvalue weighted by Crippen LogP contribution is 2.24. The highest BCUT2D eigenvalue weighted by molar-refractivity contribution is 7.80. The molecule has 3 N–H and O–H groups in total. The fraction of sp³-hybridized carbons (Fsp3) is 0.348. The van der Waals surface area contributed by atoms with E-state index in [4.69, 9.17) is 17.0 Å². The molecule has 0 aliphatic heterocycles. The Kier molecular flexibility index (Phi) is 9.28. The molecule has 2 aromatic rings. The molecule has 0 radical (unpaired) electrons. The third-order valence-corrected chi connectivity index (χ3v) is 4.75. The molecule has 0 fully saturated rings. The predicted octanol–water partition coefficient (Wildman–Crippen LogP) is 5.04. The second kappa shape index (κ2) is 11.9. The third-order valence-electron chi connectivity index (χ3n) is 4.54.